The van der Waals surface area contributed by atoms with E-state index in [0.717, 1.165) is 26.4 Å². The summed E-state index contributed by atoms with van der Waals surface area (Å²) in [5.74, 6) is -7.09. The highest BCUT2D eigenvalue weighted by Crippen LogP contribution is 2.44. The first-order valence-corrected chi connectivity index (χ1v) is 6.23. The predicted octanol–water partition coefficient (Wildman–Crippen LogP) is 2.98. The van der Waals surface area contributed by atoms with Crippen molar-refractivity contribution in [3.05, 3.63) is 41.6 Å². The highest BCUT2D eigenvalue weighted by atomic mass is 19.4. The van der Waals surface area contributed by atoms with E-state index in [1.54, 1.807) is 0 Å². The molecular formula is C14H12F5NO4. The minimum atomic E-state index is -5.78. The standard InChI is InChI=1S/C14H12F5NO4/c1-23-11(21)7-10(12(22)24-2)20-9-5-3-4-8(6-9)13(15,16)14(17,18)19/h3-7,20H,1-2H3/b10-7+. The molecule has 0 heterocycles. The van der Waals surface area contributed by atoms with E-state index in [9.17, 15) is 31.5 Å². The van der Waals surface area contributed by atoms with Crippen LogP contribution in [-0.4, -0.2) is 32.3 Å². The zero-order chi connectivity index (χ0) is 18.5. The number of carbonyl (C=O) groups is 2. The number of nitrogens with one attached hydrogen (secondary N) is 1. The number of methoxy groups -OCH3 is 2. The number of anilines is 1. The normalized spacial score (nSPS) is 12.5. The van der Waals surface area contributed by atoms with Gasteiger partial charge in [0.05, 0.1) is 20.3 Å². The van der Waals surface area contributed by atoms with Gasteiger partial charge in [-0.3, -0.25) is 0 Å². The molecule has 132 valence electrons. The predicted molar refractivity (Wildman–Crippen MR) is 72.1 cm³/mol. The molecule has 1 N–H and O–H groups in total. The fraction of sp³-hybridized carbons (Fsp3) is 0.286. The third-order valence-corrected chi connectivity index (χ3v) is 2.73. The van der Waals surface area contributed by atoms with Crippen LogP contribution in [0.1, 0.15) is 5.56 Å². The smallest absolute Gasteiger partial charge is 0.458 e. The Morgan fingerprint density at radius 1 is 1.08 bits per heavy atom. The third-order valence-electron chi connectivity index (χ3n) is 2.73. The zero-order valence-electron chi connectivity index (χ0n) is 12.4. The van der Waals surface area contributed by atoms with E-state index in [1.165, 1.54) is 0 Å². The number of esters is 2. The summed E-state index contributed by atoms with van der Waals surface area (Å²) in [6.07, 6.45) is -5.11. The first-order valence-electron chi connectivity index (χ1n) is 6.23. The van der Waals surface area contributed by atoms with Gasteiger partial charge in [-0.1, -0.05) is 12.1 Å². The average Bonchev–Trinajstić information content (AvgIpc) is 2.52. The Bertz CT molecular complexity index is 655. The Balaban J connectivity index is 3.19. The molecule has 0 bridgehead atoms. The van der Waals surface area contributed by atoms with E-state index in [-0.39, 0.29) is 5.69 Å². The van der Waals surface area contributed by atoms with Crippen LogP contribution in [0.25, 0.3) is 0 Å². The van der Waals surface area contributed by atoms with E-state index in [2.05, 4.69) is 14.8 Å². The summed E-state index contributed by atoms with van der Waals surface area (Å²) in [5.41, 5.74) is -2.11. The molecule has 0 aliphatic rings. The lowest BCUT2D eigenvalue weighted by Crippen LogP contribution is -2.33. The highest BCUT2D eigenvalue weighted by Gasteiger charge is 2.58. The van der Waals surface area contributed by atoms with Gasteiger partial charge in [-0.2, -0.15) is 22.0 Å². The van der Waals surface area contributed by atoms with Crippen LogP contribution in [0.15, 0.2) is 36.0 Å². The van der Waals surface area contributed by atoms with Crippen molar-refractivity contribution in [2.45, 2.75) is 12.1 Å². The molecule has 1 aromatic carbocycles. The van der Waals surface area contributed by atoms with Crippen LogP contribution in [-0.2, 0) is 25.0 Å². The van der Waals surface area contributed by atoms with E-state index in [0.29, 0.717) is 18.2 Å². The Hall–Kier alpha value is -2.65. The summed E-state index contributed by atoms with van der Waals surface area (Å²) in [7, 11) is 2.02. The number of hydrogen-bond acceptors (Lipinski definition) is 5. The maximum absolute atomic E-state index is 13.3. The van der Waals surface area contributed by atoms with Crippen LogP contribution in [0.2, 0.25) is 0 Å². The molecular weight excluding hydrogens is 341 g/mol. The largest absolute Gasteiger partial charge is 0.466 e. The van der Waals surface area contributed by atoms with Crippen molar-refractivity contribution in [3.8, 4) is 0 Å². The van der Waals surface area contributed by atoms with Crippen LogP contribution in [0.4, 0.5) is 27.6 Å². The minimum Gasteiger partial charge on any atom is -0.466 e. The Kier molecular flexibility index (Phi) is 5.88. The monoisotopic (exact) mass is 353 g/mol. The van der Waals surface area contributed by atoms with Gasteiger partial charge in [-0.05, 0) is 12.1 Å². The third kappa shape index (κ3) is 4.43. The maximum Gasteiger partial charge on any atom is 0.458 e. The molecule has 0 aliphatic heterocycles. The van der Waals surface area contributed by atoms with Gasteiger partial charge in [0.15, 0.2) is 0 Å². The first kappa shape index (κ1) is 19.4. The lowest BCUT2D eigenvalue weighted by Gasteiger charge is -2.20. The van der Waals surface area contributed by atoms with Crippen LogP contribution >= 0.6 is 0 Å². The summed E-state index contributed by atoms with van der Waals surface area (Å²) in [6, 6.07) is 3.15. The van der Waals surface area contributed by atoms with Gasteiger partial charge in [-0.25, -0.2) is 9.59 Å². The number of carbonyl (C=O) groups excluding carboxylic acids is 2. The molecule has 0 saturated heterocycles. The second-order valence-electron chi connectivity index (χ2n) is 4.35. The molecule has 0 spiro atoms. The van der Waals surface area contributed by atoms with Crippen molar-refractivity contribution in [2.24, 2.45) is 0 Å². The van der Waals surface area contributed by atoms with Gasteiger partial charge in [0.1, 0.15) is 5.70 Å². The molecule has 0 radical (unpaired) electrons. The Labute approximate surface area is 133 Å². The fourth-order valence-corrected chi connectivity index (χ4v) is 1.54. The summed E-state index contributed by atoms with van der Waals surface area (Å²) < 4.78 is 72.5. The summed E-state index contributed by atoms with van der Waals surface area (Å²) in [5, 5.41) is 2.24. The van der Waals surface area contributed by atoms with E-state index >= 15 is 0 Å². The van der Waals surface area contributed by atoms with Crippen LogP contribution < -0.4 is 5.32 Å². The number of halogens is 5. The van der Waals surface area contributed by atoms with Gasteiger partial charge in [0.25, 0.3) is 0 Å². The molecule has 1 rings (SSSR count). The molecule has 1 aromatic rings. The molecule has 0 fully saturated rings. The van der Waals surface area contributed by atoms with Crippen LogP contribution in [0, 0.1) is 0 Å². The second kappa shape index (κ2) is 7.28. The highest BCUT2D eigenvalue weighted by molar-refractivity contribution is 5.98. The molecule has 24 heavy (non-hydrogen) atoms. The Morgan fingerprint density at radius 3 is 2.21 bits per heavy atom. The van der Waals surface area contributed by atoms with Gasteiger partial charge in [0, 0.05) is 11.3 Å². The van der Waals surface area contributed by atoms with Crippen molar-refractivity contribution >= 4 is 17.6 Å². The number of rotatable bonds is 5. The van der Waals surface area contributed by atoms with Crippen molar-refractivity contribution in [2.75, 3.05) is 19.5 Å². The van der Waals surface area contributed by atoms with Gasteiger partial charge >= 0.3 is 24.0 Å². The number of ether oxygens (including phenoxy) is 2. The molecule has 10 heteroatoms. The van der Waals surface area contributed by atoms with E-state index < -0.39 is 35.3 Å². The Morgan fingerprint density at radius 2 is 1.71 bits per heavy atom. The maximum atomic E-state index is 13.3. The lowest BCUT2D eigenvalue weighted by atomic mass is 10.1. The number of alkyl halides is 5. The molecule has 0 aromatic heterocycles. The molecule has 0 unspecified atom stereocenters. The SMILES string of the molecule is COC(=O)/C=C(/Nc1cccc(C(F)(F)C(F)(F)F)c1)C(=O)OC. The first-order chi connectivity index (χ1) is 11.0. The molecule has 0 atom stereocenters. The van der Waals surface area contributed by atoms with Crippen molar-refractivity contribution in [1.82, 2.24) is 0 Å². The number of benzene rings is 1. The van der Waals surface area contributed by atoms with Crippen LogP contribution in [0.5, 0.6) is 0 Å². The second-order valence-corrected chi connectivity index (χ2v) is 4.35. The fourth-order valence-electron chi connectivity index (χ4n) is 1.54. The van der Waals surface area contributed by atoms with E-state index in [1.807, 2.05) is 0 Å². The van der Waals surface area contributed by atoms with E-state index in [4.69, 9.17) is 0 Å². The average molecular weight is 353 g/mol. The minimum absolute atomic E-state index is 0.281. The summed E-state index contributed by atoms with van der Waals surface area (Å²) in [4.78, 5) is 22.7. The molecule has 0 amide bonds. The van der Waals surface area contributed by atoms with Gasteiger partial charge in [0.2, 0.25) is 0 Å². The molecule has 0 saturated carbocycles. The van der Waals surface area contributed by atoms with Crippen LogP contribution in [0.3, 0.4) is 0 Å². The molecule has 5 nitrogen and oxygen atoms in total. The van der Waals surface area contributed by atoms with Crippen molar-refractivity contribution in [1.29, 1.82) is 0 Å². The van der Waals surface area contributed by atoms with Gasteiger partial charge in [-0.15, -0.1) is 0 Å². The lowest BCUT2D eigenvalue weighted by molar-refractivity contribution is -0.289. The number of hydrogen-bond donors (Lipinski definition) is 1. The molecule has 0 aliphatic carbocycles. The van der Waals surface area contributed by atoms with Crippen molar-refractivity contribution in [3.63, 3.8) is 0 Å². The quantitative estimate of drug-likeness (QED) is 0.501. The van der Waals surface area contributed by atoms with Crippen molar-refractivity contribution < 1.29 is 41.0 Å². The van der Waals surface area contributed by atoms with Gasteiger partial charge < -0.3 is 14.8 Å². The summed E-state index contributed by atoms with van der Waals surface area (Å²) >= 11 is 0. The zero-order valence-corrected chi connectivity index (χ0v) is 12.4. The topological polar surface area (TPSA) is 64.6 Å². The summed E-state index contributed by atoms with van der Waals surface area (Å²) in [6.45, 7) is 0.